The van der Waals surface area contributed by atoms with Crippen molar-refractivity contribution in [3.8, 4) is 0 Å². The lowest BCUT2D eigenvalue weighted by Crippen LogP contribution is -2.33. The number of halogens is 3. The maximum Gasteiger partial charge on any atom is 0.405 e. The number of nitrogens with zero attached hydrogens (tertiary/aromatic N) is 2. The number of hydrogen-bond donors (Lipinski definition) is 2. The minimum atomic E-state index is -4.55. The molecule has 0 radical (unpaired) electrons. The molecule has 1 fully saturated rings. The van der Waals surface area contributed by atoms with E-state index in [2.05, 4.69) is 5.32 Å². The highest BCUT2D eigenvalue weighted by Gasteiger charge is 2.28. The van der Waals surface area contributed by atoms with Crippen molar-refractivity contribution in [3.63, 3.8) is 0 Å². The van der Waals surface area contributed by atoms with Crippen LogP contribution in [-0.4, -0.2) is 42.5 Å². The van der Waals surface area contributed by atoms with Crippen molar-refractivity contribution in [2.75, 3.05) is 29.9 Å². The molecule has 0 atom stereocenters. The van der Waals surface area contributed by atoms with Gasteiger partial charge in [-0.15, -0.1) is 0 Å². The Morgan fingerprint density at radius 2 is 1.69 bits per heavy atom. The number of nitro benzene ring substituents is 1. The first kappa shape index (κ1) is 23.0. The third-order valence-electron chi connectivity index (χ3n) is 5.08. The number of anilines is 2. The zero-order valence-corrected chi connectivity index (χ0v) is 17.2. The molecular weight excluding hydrogens is 429 g/mol. The summed E-state index contributed by atoms with van der Waals surface area (Å²) >= 11 is 0. The summed E-state index contributed by atoms with van der Waals surface area (Å²) in [5.74, 6) is -1.58. The van der Waals surface area contributed by atoms with Gasteiger partial charge in [-0.3, -0.25) is 19.7 Å². The number of carbonyl (C=O) groups is 2. The van der Waals surface area contributed by atoms with E-state index in [1.165, 1.54) is 36.4 Å². The van der Waals surface area contributed by atoms with Crippen LogP contribution >= 0.6 is 0 Å². The first-order valence-electron chi connectivity index (χ1n) is 9.85. The Bertz CT molecular complexity index is 1050. The van der Waals surface area contributed by atoms with E-state index in [1.54, 1.807) is 12.2 Å². The average molecular weight is 450 g/mol. The normalized spacial score (nSPS) is 13.7. The van der Waals surface area contributed by atoms with Gasteiger partial charge in [-0.05, 0) is 49.6 Å². The summed E-state index contributed by atoms with van der Waals surface area (Å²) in [6, 6.07) is 8.28. The Balaban J connectivity index is 1.80. The van der Waals surface area contributed by atoms with Crippen LogP contribution in [-0.2, 0) is 0 Å². The molecule has 0 aliphatic carbocycles. The number of rotatable bonds is 6. The van der Waals surface area contributed by atoms with E-state index in [1.807, 2.05) is 4.90 Å². The summed E-state index contributed by atoms with van der Waals surface area (Å²) in [4.78, 5) is 37.6. The van der Waals surface area contributed by atoms with Gasteiger partial charge in [-0.2, -0.15) is 13.2 Å². The first-order valence-corrected chi connectivity index (χ1v) is 9.85. The number of carbonyl (C=O) groups excluding carboxylic acids is 2. The molecule has 1 heterocycles. The van der Waals surface area contributed by atoms with Gasteiger partial charge < -0.3 is 15.5 Å². The van der Waals surface area contributed by atoms with Crippen LogP contribution in [0.3, 0.4) is 0 Å². The lowest BCUT2D eigenvalue weighted by atomic mass is 10.1. The van der Waals surface area contributed by atoms with Crippen LogP contribution in [0, 0.1) is 17.0 Å². The molecule has 0 saturated carbocycles. The molecule has 1 aliphatic heterocycles. The van der Waals surface area contributed by atoms with Gasteiger partial charge in [-0.25, -0.2) is 0 Å². The monoisotopic (exact) mass is 450 g/mol. The third-order valence-corrected chi connectivity index (χ3v) is 5.08. The molecule has 2 aromatic carbocycles. The van der Waals surface area contributed by atoms with E-state index in [4.69, 9.17) is 0 Å². The number of amides is 2. The smallest absolute Gasteiger partial charge is 0.366 e. The van der Waals surface area contributed by atoms with Crippen LogP contribution in [0.2, 0.25) is 0 Å². The second-order valence-corrected chi connectivity index (χ2v) is 7.44. The van der Waals surface area contributed by atoms with Gasteiger partial charge >= 0.3 is 6.18 Å². The maximum absolute atomic E-state index is 12.7. The average Bonchev–Trinajstić information content (AvgIpc) is 3.27. The molecule has 0 bridgehead atoms. The van der Waals surface area contributed by atoms with Crippen LogP contribution in [0.25, 0.3) is 0 Å². The van der Waals surface area contributed by atoms with Crippen LogP contribution in [0.5, 0.6) is 0 Å². The van der Waals surface area contributed by atoms with Crippen molar-refractivity contribution in [2.24, 2.45) is 0 Å². The molecule has 1 saturated heterocycles. The molecule has 0 unspecified atom stereocenters. The van der Waals surface area contributed by atoms with Gasteiger partial charge in [0.2, 0.25) is 0 Å². The van der Waals surface area contributed by atoms with E-state index in [0.717, 1.165) is 12.8 Å². The van der Waals surface area contributed by atoms with Crippen LogP contribution in [0.4, 0.5) is 30.2 Å². The van der Waals surface area contributed by atoms with Gasteiger partial charge in [0, 0.05) is 36.0 Å². The van der Waals surface area contributed by atoms with E-state index >= 15 is 0 Å². The fourth-order valence-corrected chi connectivity index (χ4v) is 3.41. The molecule has 8 nitrogen and oxygen atoms in total. The Kier molecular flexibility index (Phi) is 6.66. The highest BCUT2D eigenvalue weighted by atomic mass is 19.4. The summed E-state index contributed by atoms with van der Waals surface area (Å²) in [6.45, 7) is 1.57. The quantitative estimate of drug-likeness (QED) is 0.510. The Morgan fingerprint density at radius 3 is 2.31 bits per heavy atom. The molecular formula is C21H21F3N4O4. The van der Waals surface area contributed by atoms with Gasteiger partial charge in [0.25, 0.3) is 17.5 Å². The first-order chi connectivity index (χ1) is 15.0. The molecule has 2 amide bonds. The maximum atomic E-state index is 12.7. The van der Waals surface area contributed by atoms with E-state index in [9.17, 15) is 32.9 Å². The van der Waals surface area contributed by atoms with Crippen molar-refractivity contribution >= 4 is 28.9 Å². The number of benzene rings is 2. The zero-order chi connectivity index (χ0) is 23.5. The van der Waals surface area contributed by atoms with Crippen molar-refractivity contribution in [2.45, 2.75) is 25.9 Å². The Labute approximate surface area is 181 Å². The molecule has 3 rings (SSSR count). The van der Waals surface area contributed by atoms with Crippen LogP contribution < -0.4 is 15.5 Å². The standard InChI is InChI=1S/C21H21F3N4O4/c1-13-4-5-14(19(29)25-12-21(22,23)24)10-16(13)26-20(30)15-6-7-17(18(11-15)28(31)32)27-8-2-3-9-27/h4-7,10-11H,2-3,8-9,12H2,1H3,(H,25,29)(H,26,30). The largest absolute Gasteiger partial charge is 0.405 e. The van der Waals surface area contributed by atoms with Crippen molar-refractivity contribution in [1.29, 1.82) is 0 Å². The number of nitro groups is 1. The molecule has 170 valence electrons. The van der Waals surface area contributed by atoms with Crippen LogP contribution in [0.1, 0.15) is 39.1 Å². The van der Waals surface area contributed by atoms with Crippen molar-refractivity contribution in [1.82, 2.24) is 5.32 Å². The molecule has 32 heavy (non-hydrogen) atoms. The summed E-state index contributed by atoms with van der Waals surface area (Å²) in [5, 5.41) is 15.9. The predicted octanol–water partition coefficient (Wildman–Crippen LogP) is 4.05. The highest BCUT2D eigenvalue weighted by molar-refractivity contribution is 6.06. The molecule has 0 spiro atoms. The highest BCUT2D eigenvalue weighted by Crippen LogP contribution is 2.32. The van der Waals surface area contributed by atoms with E-state index in [0.29, 0.717) is 24.3 Å². The fraction of sp³-hybridized carbons (Fsp3) is 0.333. The summed E-state index contributed by atoms with van der Waals surface area (Å²) in [6.07, 6.45) is -2.68. The Hall–Kier alpha value is -3.63. The van der Waals surface area contributed by atoms with Gasteiger partial charge in [0.1, 0.15) is 12.2 Å². The fourth-order valence-electron chi connectivity index (χ4n) is 3.41. The topological polar surface area (TPSA) is 105 Å². The zero-order valence-electron chi connectivity index (χ0n) is 17.2. The molecule has 2 aromatic rings. The number of nitrogens with one attached hydrogen (secondary N) is 2. The Morgan fingerprint density at radius 1 is 1.06 bits per heavy atom. The number of aryl methyl sites for hydroxylation is 1. The van der Waals surface area contributed by atoms with E-state index in [-0.39, 0.29) is 22.5 Å². The van der Waals surface area contributed by atoms with E-state index < -0.39 is 29.5 Å². The molecule has 1 aliphatic rings. The second-order valence-electron chi connectivity index (χ2n) is 7.44. The number of alkyl halides is 3. The molecule has 2 N–H and O–H groups in total. The van der Waals surface area contributed by atoms with Gasteiger partial charge in [-0.1, -0.05) is 6.07 Å². The van der Waals surface area contributed by atoms with Crippen molar-refractivity contribution < 1.29 is 27.7 Å². The second kappa shape index (κ2) is 9.25. The lowest BCUT2D eigenvalue weighted by molar-refractivity contribution is -0.384. The van der Waals surface area contributed by atoms with Gasteiger partial charge in [0.15, 0.2) is 0 Å². The summed E-state index contributed by atoms with van der Waals surface area (Å²) in [5.41, 5.74) is 1.02. The lowest BCUT2D eigenvalue weighted by Gasteiger charge is -2.18. The van der Waals surface area contributed by atoms with Crippen molar-refractivity contribution in [3.05, 3.63) is 63.2 Å². The SMILES string of the molecule is Cc1ccc(C(=O)NCC(F)(F)F)cc1NC(=O)c1ccc(N2CCCC2)c([N+](=O)[O-])c1. The number of hydrogen-bond acceptors (Lipinski definition) is 5. The third kappa shape index (κ3) is 5.54. The predicted molar refractivity (Wildman–Crippen MR) is 112 cm³/mol. The molecule has 0 aromatic heterocycles. The summed E-state index contributed by atoms with van der Waals surface area (Å²) in [7, 11) is 0. The minimum Gasteiger partial charge on any atom is -0.366 e. The summed E-state index contributed by atoms with van der Waals surface area (Å²) < 4.78 is 37.0. The van der Waals surface area contributed by atoms with Gasteiger partial charge in [0.05, 0.1) is 4.92 Å². The molecule has 11 heteroatoms. The van der Waals surface area contributed by atoms with Crippen LogP contribution in [0.15, 0.2) is 36.4 Å². The minimum absolute atomic E-state index is 0.0472.